The highest BCUT2D eigenvalue weighted by Gasteiger charge is 2.37. The fourth-order valence-electron chi connectivity index (χ4n) is 1.90. The molecule has 5 nitrogen and oxygen atoms in total. The second-order valence-electron chi connectivity index (χ2n) is 4.22. The van der Waals surface area contributed by atoms with Gasteiger partial charge >= 0.3 is 6.18 Å². The zero-order valence-corrected chi connectivity index (χ0v) is 10.9. The Morgan fingerprint density at radius 1 is 1.35 bits per heavy atom. The molecule has 0 aliphatic carbocycles. The summed E-state index contributed by atoms with van der Waals surface area (Å²) in [4.78, 5) is 15.3. The van der Waals surface area contributed by atoms with Gasteiger partial charge in [-0.15, -0.1) is 0 Å². The molecular formula is C11H10ClF3N2O3. The highest BCUT2D eigenvalue weighted by molar-refractivity contribution is 6.31. The van der Waals surface area contributed by atoms with Crippen LogP contribution in [0.2, 0.25) is 5.02 Å². The average Bonchev–Trinajstić information content (AvgIpc) is 2.37. The van der Waals surface area contributed by atoms with Gasteiger partial charge in [0.05, 0.1) is 22.1 Å². The molecular weight excluding hydrogens is 301 g/mol. The molecule has 1 fully saturated rings. The third-order valence-electron chi connectivity index (χ3n) is 2.84. The van der Waals surface area contributed by atoms with Crippen molar-refractivity contribution in [3.63, 3.8) is 0 Å². The molecule has 0 N–H and O–H groups in total. The lowest BCUT2D eigenvalue weighted by Gasteiger charge is -2.27. The number of alkyl halides is 3. The van der Waals surface area contributed by atoms with Crippen molar-refractivity contribution in [2.45, 2.75) is 19.0 Å². The molecule has 20 heavy (non-hydrogen) atoms. The monoisotopic (exact) mass is 310 g/mol. The van der Waals surface area contributed by atoms with E-state index in [-0.39, 0.29) is 5.69 Å². The molecule has 110 valence electrons. The van der Waals surface area contributed by atoms with Crippen LogP contribution in [-0.2, 0) is 11.0 Å². The van der Waals surface area contributed by atoms with E-state index in [0.29, 0.717) is 19.2 Å². The first-order chi connectivity index (χ1) is 9.30. The highest BCUT2D eigenvalue weighted by Crippen LogP contribution is 2.41. The summed E-state index contributed by atoms with van der Waals surface area (Å²) in [6, 6.07) is 1.36. The fraction of sp³-hybridized carbons (Fsp3) is 0.455. The van der Waals surface area contributed by atoms with Gasteiger partial charge in [0.15, 0.2) is 0 Å². The molecule has 1 heterocycles. The van der Waals surface area contributed by atoms with Crippen molar-refractivity contribution in [1.82, 2.24) is 0 Å². The van der Waals surface area contributed by atoms with Crippen LogP contribution in [0.25, 0.3) is 0 Å². The number of nitrogens with zero attached hydrogens (tertiary/aromatic N) is 2. The van der Waals surface area contributed by atoms with Crippen molar-refractivity contribution in [3.05, 3.63) is 32.8 Å². The Labute approximate surface area is 117 Å². The van der Waals surface area contributed by atoms with Gasteiger partial charge in [-0.3, -0.25) is 15.0 Å². The number of rotatable bonds is 2. The first-order valence-corrected chi connectivity index (χ1v) is 6.14. The third-order valence-corrected chi connectivity index (χ3v) is 3.15. The van der Waals surface area contributed by atoms with Crippen LogP contribution in [0.4, 0.5) is 24.5 Å². The first-order valence-electron chi connectivity index (χ1n) is 5.76. The number of hydroxylamine groups is 1. The molecule has 0 amide bonds. The number of hydrogen-bond donors (Lipinski definition) is 0. The average molecular weight is 311 g/mol. The summed E-state index contributed by atoms with van der Waals surface area (Å²) < 4.78 is 38.1. The number of benzene rings is 1. The minimum absolute atomic E-state index is 0.0623. The molecule has 1 aliphatic heterocycles. The number of nitro benzene ring substituents is 1. The number of halogens is 4. The van der Waals surface area contributed by atoms with E-state index in [2.05, 4.69) is 0 Å². The molecule has 1 saturated heterocycles. The number of anilines is 1. The van der Waals surface area contributed by atoms with Crippen LogP contribution in [0.3, 0.4) is 0 Å². The van der Waals surface area contributed by atoms with Crippen LogP contribution in [0.15, 0.2) is 12.1 Å². The molecule has 0 unspecified atom stereocenters. The zero-order valence-electron chi connectivity index (χ0n) is 10.1. The standard InChI is InChI=1S/C11H10ClF3N2O3/c12-8-6-9(16-3-1-2-4-20-16)10(17(18)19)5-7(8)11(13,14)15/h5-6H,1-4H2. The lowest BCUT2D eigenvalue weighted by atomic mass is 10.1. The second-order valence-corrected chi connectivity index (χ2v) is 4.63. The summed E-state index contributed by atoms with van der Waals surface area (Å²) in [5.74, 6) is 0. The predicted molar refractivity (Wildman–Crippen MR) is 65.6 cm³/mol. The van der Waals surface area contributed by atoms with Crippen LogP contribution in [0.5, 0.6) is 0 Å². The molecule has 0 saturated carbocycles. The van der Waals surface area contributed by atoms with Crippen LogP contribution in [0.1, 0.15) is 18.4 Å². The van der Waals surface area contributed by atoms with Gasteiger partial charge < -0.3 is 0 Å². The van der Waals surface area contributed by atoms with Gasteiger partial charge in [-0.05, 0) is 18.9 Å². The minimum Gasteiger partial charge on any atom is -0.273 e. The Morgan fingerprint density at radius 3 is 2.55 bits per heavy atom. The van der Waals surface area contributed by atoms with Gasteiger partial charge in [0.2, 0.25) is 0 Å². The van der Waals surface area contributed by atoms with E-state index in [4.69, 9.17) is 16.4 Å². The van der Waals surface area contributed by atoms with Gasteiger partial charge in [0, 0.05) is 12.6 Å². The fourth-order valence-corrected chi connectivity index (χ4v) is 2.17. The summed E-state index contributed by atoms with van der Waals surface area (Å²) in [6.07, 6.45) is -3.22. The molecule has 1 aromatic carbocycles. The molecule has 0 spiro atoms. The zero-order chi connectivity index (χ0) is 14.9. The van der Waals surface area contributed by atoms with Crippen molar-refractivity contribution in [1.29, 1.82) is 0 Å². The van der Waals surface area contributed by atoms with E-state index in [0.717, 1.165) is 18.9 Å². The van der Waals surface area contributed by atoms with Crippen molar-refractivity contribution in [2.24, 2.45) is 0 Å². The molecule has 2 rings (SSSR count). The molecule has 0 radical (unpaired) electrons. The summed E-state index contributed by atoms with van der Waals surface area (Å²) in [5.41, 5.74) is -1.97. The Balaban J connectivity index is 2.51. The predicted octanol–water partition coefficient (Wildman–Crippen LogP) is 3.80. The van der Waals surface area contributed by atoms with E-state index in [1.54, 1.807) is 0 Å². The maximum Gasteiger partial charge on any atom is 0.418 e. The number of nitro groups is 1. The summed E-state index contributed by atoms with van der Waals surface area (Å²) in [7, 11) is 0. The lowest BCUT2D eigenvalue weighted by molar-refractivity contribution is -0.384. The van der Waals surface area contributed by atoms with Crippen LogP contribution in [0, 0.1) is 10.1 Å². The van der Waals surface area contributed by atoms with E-state index < -0.39 is 27.4 Å². The SMILES string of the molecule is O=[N+]([O-])c1cc(C(F)(F)F)c(Cl)cc1N1CCCCO1. The van der Waals surface area contributed by atoms with Gasteiger partial charge in [-0.2, -0.15) is 13.2 Å². The Bertz CT molecular complexity index is 530. The van der Waals surface area contributed by atoms with Crippen molar-refractivity contribution < 1.29 is 22.9 Å². The second kappa shape index (κ2) is 5.45. The lowest BCUT2D eigenvalue weighted by Crippen LogP contribution is -2.30. The van der Waals surface area contributed by atoms with Crippen LogP contribution < -0.4 is 5.06 Å². The van der Waals surface area contributed by atoms with E-state index in [1.807, 2.05) is 0 Å². The molecule has 0 aromatic heterocycles. The van der Waals surface area contributed by atoms with Crippen molar-refractivity contribution in [3.8, 4) is 0 Å². The van der Waals surface area contributed by atoms with Crippen molar-refractivity contribution >= 4 is 23.0 Å². The quantitative estimate of drug-likeness (QED) is 0.616. The summed E-state index contributed by atoms with van der Waals surface area (Å²) in [6.45, 7) is 0.721. The topological polar surface area (TPSA) is 55.6 Å². The summed E-state index contributed by atoms with van der Waals surface area (Å²) in [5, 5.41) is 11.6. The van der Waals surface area contributed by atoms with Crippen LogP contribution >= 0.6 is 11.6 Å². The smallest absolute Gasteiger partial charge is 0.273 e. The minimum atomic E-state index is -4.75. The van der Waals surface area contributed by atoms with Gasteiger partial charge in [-0.25, -0.2) is 5.06 Å². The Morgan fingerprint density at radius 2 is 2.05 bits per heavy atom. The summed E-state index contributed by atoms with van der Waals surface area (Å²) >= 11 is 5.59. The maximum atomic E-state index is 12.7. The van der Waals surface area contributed by atoms with E-state index >= 15 is 0 Å². The Kier molecular flexibility index (Phi) is 4.05. The molecule has 1 aromatic rings. The van der Waals surface area contributed by atoms with Gasteiger partial charge in [-0.1, -0.05) is 11.6 Å². The van der Waals surface area contributed by atoms with Gasteiger partial charge in [0.1, 0.15) is 5.69 Å². The first kappa shape index (κ1) is 14.9. The Hall–Kier alpha value is -1.54. The van der Waals surface area contributed by atoms with E-state index in [9.17, 15) is 23.3 Å². The van der Waals surface area contributed by atoms with Crippen molar-refractivity contribution in [2.75, 3.05) is 18.2 Å². The largest absolute Gasteiger partial charge is 0.418 e. The molecule has 1 aliphatic rings. The number of hydrogen-bond acceptors (Lipinski definition) is 4. The van der Waals surface area contributed by atoms with E-state index in [1.165, 1.54) is 5.06 Å². The molecule has 0 bridgehead atoms. The molecule has 9 heteroatoms. The highest BCUT2D eigenvalue weighted by atomic mass is 35.5. The van der Waals surface area contributed by atoms with Crippen LogP contribution in [-0.4, -0.2) is 18.1 Å². The molecule has 0 atom stereocenters. The normalized spacial score (nSPS) is 16.3. The third kappa shape index (κ3) is 2.96. The maximum absolute atomic E-state index is 12.7. The van der Waals surface area contributed by atoms with Gasteiger partial charge in [0.25, 0.3) is 5.69 Å².